The van der Waals surface area contributed by atoms with Crippen molar-refractivity contribution < 1.29 is 27.4 Å². The number of nitrogen functional groups attached to an aromatic ring is 1. The number of ether oxygens (including phenoxy) is 3. The summed E-state index contributed by atoms with van der Waals surface area (Å²) < 4.78 is 52.7. The zero-order valence-corrected chi connectivity index (χ0v) is 11.1. The van der Waals surface area contributed by atoms with Crippen molar-refractivity contribution in [3.8, 4) is 5.88 Å². The van der Waals surface area contributed by atoms with Crippen LogP contribution in [0, 0.1) is 0 Å². The van der Waals surface area contributed by atoms with Crippen LogP contribution in [0.15, 0.2) is 12.1 Å². The molecule has 1 heterocycles. The fourth-order valence-electron chi connectivity index (χ4n) is 1.38. The predicted octanol–water partition coefficient (Wildman–Crippen LogP) is 2.11. The summed E-state index contributed by atoms with van der Waals surface area (Å²) in [5, 5.41) is 0. The molecular weight excluding hydrogens is 277 g/mol. The summed E-state index contributed by atoms with van der Waals surface area (Å²) in [7, 11) is 1.59. The Kier molecular flexibility index (Phi) is 6.53. The maximum absolute atomic E-state index is 12.5. The molecule has 0 fully saturated rings. The number of nitrogens with two attached hydrogens (primary N) is 1. The van der Waals surface area contributed by atoms with Crippen LogP contribution in [-0.2, 0) is 15.7 Å². The first-order valence-electron chi connectivity index (χ1n) is 5.97. The molecule has 5 nitrogen and oxygen atoms in total. The molecule has 0 bridgehead atoms. The summed E-state index contributed by atoms with van der Waals surface area (Å²) in [6.07, 6.45) is -3.74. The minimum Gasteiger partial charge on any atom is -0.475 e. The molecule has 1 aromatic heterocycles. The molecular formula is C12H17F3N2O3. The second kappa shape index (κ2) is 7.91. The van der Waals surface area contributed by atoms with Crippen molar-refractivity contribution in [3.63, 3.8) is 0 Å². The first-order valence-corrected chi connectivity index (χ1v) is 5.97. The Morgan fingerprint density at radius 1 is 1.15 bits per heavy atom. The average molecular weight is 294 g/mol. The zero-order valence-electron chi connectivity index (χ0n) is 11.1. The fraction of sp³-hybridized carbons (Fsp3) is 0.583. The summed E-state index contributed by atoms with van der Waals surface area (Å²) in [5.41, 5.74) is 4.42. The van der Waals surface area contributed by atoms with E-state index in [4.69, 9.17) is 19.9 Å². The predicted molar refractivity (Wildman–Crippen MR) is 66.5 cm³/mol. The smallest absolute Gasteiger partial charge is 0.416 e. The SMILES string of the molecule is COCCCOCCOc1cc(C(F)(F)F)cc(N)n1. The highest BCUT2D eigenvalue weighted by molar-refractivity contribution is 5.38. The summed E-state index contributed by atoms with van der Waals surface area (Å²) in [6.45, 7) is 1.43. The molecule has 0 radical (unpaired) electrons. The van der Waals surface area contributed by atoms with E-state index in [2.05, 4.69) is 4.98 Å². The van der Waals surface area contributed by atoms with E-state index in [9.17, 15) is 13.2 Å². The number of anilines is 1. The van der Waals surface area contributed by atoms with Gasteiger partial charge in [-0.15, -0.1) is 0 Å². The highest BCUT2D eigenvalue weighted by Gasteiger charge is 2.31. The second-order valence-corrected chi connectivity index (χ2v) is 3.92. The van der Waals surface area contributed by atoms with E-state index in [1.54, 1.807) is 7.11 Å². The number of hydrogen-bond donors (Lipinski definition) is 1. The van der Waals surface area contributed by atoms with Crippen LogP contribution in [-0.4, -0.2) is 38.5 Å². The third-order valence-electron chi connectivity index (χ3n) is 2.26. The van der Waals surface area contributed by atoms with Crippen LogP contribution in [0.25, 0.3) is 0 Å². The van der Waals surface area contributed by atoms with Crippen LogP contribution < -0.4 is 10.5 Å². The largest absolute Gasteiger partial charge is 0.475 e. The quantitative estimate of drug-likeness (QED) is 0.744. The lowest BCUT2D eigenvalue weighted by molar-refractivity contribution is -0.137. The minimum absolute atomic E-state index is 0.0979. The molecule has 1 rings (SSSR count). The van der Waals surface area contributed by atoms with Crippen LogP contribution in [0.4, 0.5) is 19.0 Å². The molecule has 20 heavy (non-hydrogen) atoms. The van der Waals surface area contributed by atoms with Gasteiger partial charge in [-0.3, -0.25) is 0 Å². The fourth-order valence-corrected chi connectivity index (χ4v) is 1.38. The first-order chi connectivity index (χ1) is 9.43. The Morgan fingerprint density at radius 2 is 1.90 bits per heavy atom. The standard InChI is InChI=1S/C12H17F3N2O3/c1-18-3-2-4-19-5-6-20-11-8-9(12(13,14)15)7-10(16)17-11/h7-8H,2-6H2,1H3,(H2,16,17). The van der Waals surface area contributed by atoms with Gasteiger partial charge >= 0.3 is 6.18 Å². The molecule has 0 saturated heterocycles. The zero-order chi connectivity index (χ0) is 15.0. The van der Waals surface area contributed by atoms with Crippen molar-refractivity contribution in [1.82, 2.24) is 4.98 Å². The monoisotopic (exact) mass is 294 g/mol. The Hall–Kier alpha value is -1.54. The molecule has 0 aliphatic heterocycles. The van der Waals surface area contributed by atoms with E-state index >= 15 is 0 Å². The van der Waals surface area contributed by atoms with Crippen molar-refractivity contribution in [2.24, 2.45) is 0 Å². The van der Waals surface area contributed by atoms with E-state index in [1.807, 2.05) is 0 Å². The number of aromatic nitrogens is 1. The van der Waals surface area contributed by atoms with Crippen LogP contribution in [0.5, 0.6) is 5.88 Å². The van der Waals surface area contributed by atoms with Crippen molar-refractivity contribution in [3.05, 3.63) is 17.7 Å². The van der Waals surface area contributed by atoms with Crippen molar-refractivity contribution in [2.45, 2.75) is 12.6 Å². The second-order valence-electron chi connectivity index (χ2n) is 3.92. The first kappa shape index (κ1) is 16.5. The van der Waals surface area contributed by atoms with E-state index in [-0.39, 0.29) is 24.9 Å². The summed E-state index contributed by atoms with van der Waals surface area (Å²) in [4.78, 5) is 3.67. The van der Waals surface area contributed by atoms with Gasteiger partial charge in [0.25, 0.3) is 0 Å². The van der Waals surface area contributed by atoms with Gasteiger partial charge in [0.2, 0.25) is 5.88 Å². The molecule has 0 atom stereocenters. The third kappa shape index (κ3) is 6.07. The maximum atomic E-state index is 12.5. The molecule has 114 valence electrons. The summed E-state index contributed by atoms with van der Waals surface area (Å²) >= 11 is 0. The van der Waals surface area contributed by atoms with Gasteiger partial charge < -0.3 is 19.9 Å². The molecule has 0 aliphatic carbocycles. The van der Waals surface area contributed by atoms with E-state index in [0.29, 0.717) is 13.2 Å². The Balaban J connectivity index is 2.39. The number of nitrogens with zero attached hydrogens (tertiary/aromatic N) is 1. The van der Waals surface area contributed by atoms with Gasteiger partial charge in [-0.25, -0.2) is 0 Å². The summed E-state index contributed by atoms with van der Waals surface area (Å²) in [5.74, 6) is -0.409. The lowest BCUT2D eigenvalue weighted by Gasteiger charge is -2.11. The van der Waals surface area contributed by atoms with E-state index in [0.717, 1.165) is 18.6 Å². The Labute approximate surface area is 114 Å². The normalized spacial score (nSPS) is 11.6. The van der Waals surface area contributed by atoms with Crippen molar-refractivity contribution >= 4 is 5.82 Å². The number of alkyl halides is 3. The Bertz CT molecular complexity index is 413. The lowest BCUT2D eigenvalue weighted by Crippen LogP contribution is -2.11. The molecule has 0 spiro atoms. The molecule has 2 N–H and O–H groups in total. The number of rotatable bonds is 8. The molecule has 0 amide bonds. The van der Waals surface area contributed by atoms with Gasteiger partial charge in [0, 0.05) is 26.4 Å². The topological polar surface area (TPSA) is 66.6 Å². The number of hydrogen-bond acceptors (Lipinski definition) is 5. The molecule has 1 aromatic rings. The van der Waals surface area contributed by atoms with Crippen LogP contribution in [0.2, 0.25) is 0 Å². The summed E-state index contributed by atoms with van der Waals surface area (Å²) in [6, 6.07) is 1.56. The maximum Gasteiger partial charge on any atom is 0.416 e. The highest BCUT2D eigenvalue weighted by atomic mass is 19.4. The van der Waals surface area contributed by atoms with Crippen LogP contribution in [0.1, 0.15) is 12.0 Å². The van der Waals surface area contributed by atoms with Gasteiger partial charge in [0.1, 0.15) is 12.4 Å². The van der Waals surface area contributed by atoms with Crippen LogP contribution >= 0.6 is 0 Å². The van der Waals surface area contributed by atoms with E-state index < -0.39 is 11.7 Å². The number of methoxy groups -OCH3 is 1. The third-order valence-corrected chi connectivity index (χ3v) is 2.26. The molecule has 8 heteroatoms. The van der Waals surface area contributed by atoms with Gasteiger partial charge in [0.15, 0.2) is 0 Å². The minimum atomic E-state index is -4.48. The van der Waals surface area contributed by atoms with Gasteiger partial charge in [-0.2, -0.15) is 18.2 Å². The highest BCUT2D eigenvalue weighted by Crippen LogP contribution is 2.31. The van der Waals surface area contributed by atoms with E-state index in [1.165, 1.54) is 0 Å². The van der Waals surface area contributed by atoms with Gasteiger partial charge in [-0.1, -0.05) is 0 Å². The van der Waals surface area contributed by atoms with Gasteiger partial charge in [-0.05, 0) is 12.5 Å². The number of pyridine rings is 1. The van der Waals surface area contributed by atoms with Gasteiger partial charge in [0.05, 0.1) is 12.2 Å². The van der Waals surface area contributed by atoms with Crippen molar-refractivity contribution in [1.29, 1.82) is 0 Å². The van der Waals surface area contributed by atoms with Crippen molar-refractivity contribution in [2.75, 3.05) is 39.3 Å². The average Bonchev–Trinajstić information content (AvgIpc) is 2.36. The molecule has 0 aliphatic rings. The number of halogens is 3. The Morgan fingerprint density at radius 3 is 2.55 bits per heavy atom. The van der Waals surface area contributed by atoms with Crippen LogP contribution in [0.3, 0.4) is 0 Å². The lowest BCUT2D eigenvalue weighted by atomic mass is 10.2. The molecule has 0 saturated carbocycles. The molecule has 0 aromatic carbocycles. The molecule has 0 unspecified atom stereocenters.